The molecule has 2 saturated carbocycles. The minimum absolute atomic E-state index is 0.0191. The van der Waals surface area contributed by atoms with Gasteiger partial charge in [-0.2, -0.15) is 0 Å². The first-order chi connectivity index (χ1) is 10.1. The van der Waals surface area contributed by atoms with Crippen LogP contribution in [0.15, 0.2) is 0 Å². The van der Waals surface area contributed by atoms with E-state index in [1.54, 1.807) is 4.90 Å². The molecule has 5 heteroatoms. The molecule has 3 N–H and O–H groups in total. The van der Waals surface area contributed by atoms with Gasteiger partial charge in [-0.25, -0.2) is 0 Å². The summed E-state index contributed by atoms with van der Waals surface area (Å²) in [7, 11) is 0. The van der Waals surface area contributed by atoms with Gasteiger partial charge in [-0.1, -0.05) is 32.1 Å². The second-order valence-corrected chi connectivity index (χ2v) is 6.62. The number of carbonyl (C=O) groups is 2. The van der Waals surface area contributed by atoms with Crippen LogP contribution in [0.25, 0.3) is 0 Å². The molecule has 2 atom stereocenters. The van der Waals surface area contributed by atoms with Gasteiger partial charge in [0.05, 0.1) is 18.6 Å². The van der Waals surface area contributed by atoms with Gasteiger partial charge in [0.15, 0.2) is 0 Å². The highest BCUT2D eigenvalue weighted by Crippen LogP contribution is 2.29. The highest BCUT2D eigenvalue weighted by molar-refractivity contribution is 5.85. The Bertz CT molecular complexity index is 367. The van der Waals surface area contributed by atoms with Crippen LogP contribution in [0, 0.1) is 11.8 Å². The molecule has 21 heavy (non-hydrogen) atoms. The van der Waals surface area contributed by atoms with Crippen molar-refractivity contribution in [3.63, 3.8) is 0 Å². The van der Waals surface area contributed by atoms with Crippen molar-refractivity contribution in [3.05, 3.63) is 0 Å². The van der Waals surface area contributed by atoms with Crippen LogP contribution in [0.2, 0.25) is 0 Å². The summed E-state index contributed by atoms with van der Waals surface area (Å²) < 4.78 is 0. The Balaban J connectivity index is 1.89. The third-order valence-corrected chi connectivity index (χ3v) is 4.99. The standard InChI is InChI=1S/C16H28N2O3/c17-15(20)11-18(10-9-12-5-2-1-3-6-12)16(21)13-7-4-8-14(13)19/h12-14,19H,1-11H2,(H2,17,20). The number of carbonyl (C=O) groups excluding carboxylic acids is 2. The Kier molecular flexibility index (Phi) is 6.03. The fraction of sp³-hybridized carbons (Fsp3) is 0.875. The van der Waals surface area contributed by atoms with E-state index in [1.165, 1.54) is 32.1 Å². The van der Waals surface area contributed by atoms with Crippen molar-refractivity contribution in [3.8, 4) is 0 Å². The second kappa shape index (κ2) is 7.78. The molecule has 2 unspecified atom stereocenters. The van der Waals surface area contributed by atoms with Crippen LogP contribution in [0.1, 0.15) is 57.8 Å². The van der Waals surface area contributed by atoms with E-state index in [0.717, 1.165) is 19.3 Å². The lowest BCUT2D eigenvalue weighted by Crippen LogP contribution is -2.44. The number of aliphatic hydroxyl groups excluding tert-OH is 1. The Hall–Kier alpha value is -1.10. The van der Waals surface area contributed by atoms with Crippen LogP contribution in [0.5, 0.6) is 0 Å². The maximum atomic E-state index is 12.5. The van der Waals surface area contributed by atoms with Crippen molar-refractivity contribution in [1.82, 2.24) is 4.90 Å². The van der Waals surface area contributed by atoms with E-state index in [4.69, 9.17) is 5.73 Å². The molecule has 0 bridgehead atoms. The summed E-state index contributed by atoms with van der Waals surface area (Å²) in [6.07, 6.45) is 8.99. The van der Waals surface area contributed by atoms with Gasteiger partial charge in [0.2, 0.25) is 11.8 Å². The zero-order chi connectivity index (χ0) is 15.2. The Morgan fingerprint density at radius 3 is 2.33 bits per heavy atom. The molecule has 0 aromatic heterocycles. The lowest BCUT2D eigenvalue weighted by Gasteiger charge is -2.29. The van der Waals surface area contributed by atoms with E-state index in [0.29, 0.717) is 18.9 Å². The van der Waals surface area contributed by atoms with Crippen molar-refractivity contribution in [2.45, 2.75) is 63.9 Å². The molecule has 0 radical (unpaired) electrons. The Morgan fingerprint density at radius 2 is 1.76 bits per heavy atom. The van der Waals surface area contributed by atoms with Crippen LogP contribution in [0.3, 0.4) is 0 Å². The highest BCUT2D eigenvalue weighted by Gasteiger charge is 2.34. The van der Waals surface area contributed by atoms with Gasteiger partial charge >= 0.3 is 0 Å². The van der Waals surface area contributed by atoms with E-state index in [-0.39, 0.29) is 18.4 Å². The zero-order valence-corrected chi connectivity index (χ0v) is 12.8. The van der Waals surface area contributed by atoms with E-state index >= 15 is 0 Å². The monoisotopic (exact) mass is 296 g/mol. The van der Waals surface area contributed by atoms with Crippen molar-refractivity contribution in [1.29, 1.82) is 0 Å². The highest BCUT2D eigenvalue weighted by atomic mass is 16.3. The summed E-state index contributed by atoms with van der Waals surface area (Å²) in [5.41, 5.74) is 5.28. The fourth-order valence-corrected chi connectivity index (χ4v) is 3.73. The molecule has 0 spiro atoms. The smallest absolute Gasteiger partial charge is 0.237 e. The molecule has 2 aliphatic carbocycles. The largest absolute Gasteiger partial charge is 0.392 e. The van der Waals surface area contributed by atoms with E-state index in [1.807, 2.05) is 0 Å². The average Bonchev–Trinajstić information content (AvgIpc) is 2.89. The van der Waals surface area contributed by atoms with Crippen LogP contribution < -0.4 is 5.73 Å². The molecular weight excluding hydrogens is 268 g/mol. The van der Waals surface area contributed by atoms with Crippen LogP contribution in [-0.2, 0) is 9.59 Å². The number of aliphatic hydroxyl groups is 1. The van der Waals surface area contributed by atoms with Crippen molar-refractivity contribution in [2.75, 3.05) is 13.1 Å². The minimum atomic E-state index is -0.553. The quantitative estimate of drug-likeness (QED) is 0.777. The summed E-state index contributed by atoms with van der Waals surface area (Å²) >= 11 is 0. The normalized spacial score (nSPS) is 26.7. The number of nitrogens with zero attached hydrogens (tertiary/aromatic N) is 1. The van der Waals surface area contributed by atoms with Gasteiger partial charge in [-0.15, -0.1) is 0 Å². The molecule has 0 heterocycles. The van der Waals surface area contributed by atoms with E-state index in [9.17, 15) is 14.7 Å². The van der Waals surface area contributed by atoms with Gasteiger partial charge in [-0.3, -0.25) is 9.59 Å². The Morgan fingerprint density at radius 1 is 1.05 bits per heavy atom. The summed E-state index contributed by atoms with van der Waals surface area (Å²) in [6.45, 7) is 0.574. The second-order valence-electron chi connectivity index (χ2n) is 6.62. The lowest BCUT2D eigenvalue weighted by atomic mass is 9.87. The molecular formula is C16H28N2O3. The zero-order valence-electron chi connectivity index (χ0n) is 12.8. The van der Waals surface area contributed by atoms with Crippen LogP contribution in [-0.4, -0.2) is 41.0 Å². The SMILES string of the molecule is NC(=O)CN(CCC1CCCCC1)C(=O)C1CCCC1O. The fourth-order valence-electron chi connectivity index (χ4n) is 3.73. The molecule has 0 aromatic carbocycles. The average molecular weight is 296 g/mol. The van der Waals surface area contributed by atoms with Crippen molar-refractivity contribution < 1.29 is 14.7 Å². The van der Waals surface area contributed by atoms with E-state index < -0.39 is 12.0 Å². The first kappa shape index (κ1) is 16.3. The third-order valence-electron chi connectivity index (χ3n) is 4.99. The van der Waals surface area contributed by atoms with Crippen LogP contribution in [0.4, 0.5) is 0 Å². The number of primary amides is 1. The molecule has 2 aliphatic rings. The molecule has 0 aliphatic heterocycles. The molecule has 0 saturated heterocycles. The summed E-state index contributed by atoms with van der Waals surface area (Å²) in [6, 6.07) is 0. The molecule has 2 amide bonds. The van der Waals surface area contributed by atoms with Crippen molar-refractivity contribution >= 4 is 11.8 Å². The van der Waals surface area contributed by atoms with Crippen LogP contribution >= 0.6 is 0 Å². The predicted octanol–water partition coefficient (Wildman–Crippen LogP) is 1.43. The molecule has 120 valence electrons. The number of rotatable bonds is 6. The third kappa shape index (κ3) is 4.70. The van der Waals surface area contributed by atoms with Gasteiger partial charge < -0.3 is 15.7 Å². The maximum absolute atomic E-state index is 12.5. The topological polar surface area (TPSA) is 83.6 Å². The predicted molar refractivity (Wildman–Crippen MR) is 80.3 cm³/mol. The first-order valence-electron chi connectivity index (χ1n) is 8.33. The first-order valence-corrected chi connectivity index (χ1v) is 8.33. The van der Waals surface area contributed by atoms with Gasteiger partial charge in [-0.05, 0) is 31.6 Å². The minimum Gasteiger partial charge on any atom is -0.392 e. The lowest BCUT2D eigenvalue weighted by molar-refractivity contribution is -0.141. The maximum Gasteiger partial charge on any atom is 0.237 e. The molecule has 5 nitrogen and oxygen atoms in total. The van der Waals surface area contributed by atoms with Gasteiger partial charge in [0.1, 0.15) is 0 Å². The number of hydrogen-bond acceptors (Lipinski definition) is 3. The molecule has 0 aromatic rings. The number of amides is 2. The molecule has 2 rings (SSSR count). The summed E-state index contributed by atoms with van der Waals surface area (Å²) in [5.74, 6) is -0.236. The molecule has 2 fully saturated rings. The summed E-state index contributed by atoms with van der Waals surface area (Å²) in [4.78, 5) is 25.3. The Labute approximate surface area is 126 Å². The van der Waals surface area contributed by atoms with Crippen molar-refractivity contribution in [2.24, 2.45) is 17.6 Å². The number of hydrogen-bond donors (Lipinski definition) is 2. The number of nitrogens with two attached hydrogens (primary N) is 1. The van der Waals surface area contributed by atoms with E-state index in [2.05, 4.69) is 0 Å². The van der Waals surface area contributed by atoms with Gasteiger partial charge in [0, 0.05) is 6.54 Å². The summed E-state index contributed by atoms with van der Waals surface area (Å²) in [5, 5.41) is 9.90. The van der Waals surface area contributed by atoms with Gasteiger partial charge in [0.25, 0.3) is 0 Å².